The molecule has 0 atom stereocenters. The number of nitrogens with two attached hydrogens (primary N) is 1. The first-order chi connectivity index (χ1) is 11.3. The normalized spacial score (nSPS) is 10.7. The van der Waals surface area contributed by atoms with Crippen molar-refractivity contribution < 1.29 is 9.59 Å². The number of benzene rings is 1. The van der Waals surface area contributed by atoms with Gasteiger partial charge in [0, 0.05) is 31.5 Å². The van der Waals surface area contributed by atoms with E-state index in [0.29, 0.717) is 39.0 Å². The summed E-state index contributed by atoms with van der Waals surface area (Å²) >= 11 is 0. The molecule has 0 bridgehead atoms. The lowest BCUT2D eigenvalue weighted by molar-refractivity contribution is -0.132. The quantitative estimate of drug-likeness (QED) is 0.657. The fraction of sp³-hybridized carbons (Fsp3) is 0.579. The van der Waals surface area contributed by atoms with Crippen LogP contribution in [0.5, 0.6) is 0 Å². The molecule has 0 radical (unpaired) electrons. The average molecular weight is 370 g/mol. The lowest BCUT2D eigenvalue weighted by atomic mass is 9.96. The van der Waals surface area contributed by atoms with Crippen LogP contribution in [-0.4, -0.2) is 36.3 Å². The van der Waals surface area contributed by atoms with Crippen molar-refractivity contribution in [1.82, 2.24) is 10.2 Å². The van der Waals surface area contributed by atoms with E-state index in [1.807, 2.05) is 56.0 Å². The Morgan fingerprint density at radius 3 is 2.32 bits per heavy atom. The number of nitrogens with zero attached hydrogens (tertiary/aromatic N) is 1. The van der Waals surface area contributed by atoms with Gasteiger partial charge in [-0.2, -0.15) is 0 Å². The molecule has 142 valence electrons. The summed E-state index contributed by atoms with van der Waals surface area (Å²) in [7, 11) is 0. The summed E-state index contributed by atoms with van der Waals surface area (Å²) in [5, 5.41) is 2.88. The number of nitrogens with one attached hydrogen (secondary N) is 1. The SMILES string of the molecule is CC(C)(C)C(=O)NCCCC(=O)N(CCCN)Cc1ccccc1.Cl. The highest BCUT2D eigenvalue weighted by Crippen LogP contribution is 2.12. The van der Waals surface area contributed by atoms with Crippen molar-refractivity contribution in [2.45, 2.75) is 46.6 Å². The minimum absolute atomic E-state index is 0. The molecule has 1 aromatic rings. The average Bonchev–Trinajstić information content (AvgIpc) is 2.55. The molecule has 0 aliphatic heterocycles. The largest absolute Gasteiger partial charge is 0.356 e. The fourth-order valence-electron chi connectivity index (χ4n) is 2.24. The van der Waals surface area contributed by atoms with E-state index in [4.69, 9.17) is 5.73 Å². The lowest BCUT2D eigenvalue weighted by Crippen LogP contribution is -2.36. The van der Waals surface area contributed by atoms with Crippen LogP contribution >= 0.6 is 12.4 Å². The summed E-state index contributed by atoms with van der Waals surface area (Å²) in [5.41, 5.74) is 6.30. The molecule has 5 nitrogen and oxygen atoms in total. The second-order valence-corrected chi connectivity index (χ2v) is 7.05. The van der Waals surface area contributed by atoms with E-state index in [9.17, 15) is 9.59 Å². The molecule has 0 spiro atoms. The molecule has 0 aliphatic carbocycles. The van der Waals surface area contributed by atoms with Gasteiger partial charge in [-0.15, -0.1) is 12.4 Å². The van der Waals surface area contributed by atoms with Crippen molar-refractivity contribution in [2.24, 2.45) is 11.1 Å². The number of halogens is 1. The topological polar surface area (TPSA) is 75.4 Å². The summed E-state index contributed by atoms with van der Waals surface area (Å²) in [5.74, 6) is 0.122. The zero-order valence-corrected chi connectivity index (χ0v) is 16.4. The van der Waals surface area contributed by atoms with Gasteiger partial charge in [0.15, 0.2) is 0 Å². The molecule has 2 amide bonds. The predicted octanol–water partition coefficient (Wildman–Crippen LogP) is 2.73. The number of hydrogen-bond acceptors (Lipinski definition) is 3. The van der Waals surface area contributed by atoms with Gasteiger partial charge in [-0.05, 0) is 24.9 Å². The van der Waals surface area contributed by atoms with Crippen LogP contribution in [0.15, 0.2) is 30.3 Å². The highest BCUT2D eigenvalue weighted by molar-refractivity contribution is 5.85. The Bertz CT molecular complexity index is 515. The molecule has 0 aromatic heterocycles. The molecule has 0 unspecified atom stereocenters. The fourth-order valence-corrected chi connectivity index (χ4v) is 2.24. The molecule has 0 saturated carbocycles. The third-order valence-corrected chi connectivity index (χ3v) is 3.74. The summed E-state index contributed by atoms with van der Waals surface area (Å²) in [6.07, 6.45) is 1.87. The molecule has 3 N–H and O–H groups in total. The molecule has 0 saturated heterocycles. The van der Waals surface area contributed by atoms with E-state index in [1.54, 1.807) is 0 Å². The molecular weight excluding hydrogens is 338 g/mol. The van der Waals surface area contributed by atoms with Crippen LogP contribution in [0, 0.1) is 5.41 Å². The number of amides is 2. The van der Waals surface area contributed by atoms with Crippen LogP contribution in [0.1, 0.15) is 45.6 Å². The highest BCUT2D eigenvalue weighted by atomic mass is 35.5. The summed E-state index contributed by atoms with van der Waals surface area (Å²) < 4.78 is 0. The number of carbonyl (C=O) groups is 2. The van der Waals surface area contributed by atoms with Crippen molar-refractivity contribution in [3.05, 3.63) is 35.9 Å². The van der Waals surface area contributed by atoms with Gasteiger partial charge in [0.25, 0.3) is 0 Å². The zero-order valence-electron chi connectivity index (χ0n) is 15.6. The van der Waals surface area contributed by atoms with E-state index in [2.05, 4.69) is 5.32 Å². The number of carbonyl (C=O) groups excluding carboxylic acids is 2. The van der Waals surface area contributed by atoms with Gasteiger partial charge in [0.2, 0.25) is 11.8 Å². The first-order valence-electron chi connectivity index (χ1n) is 8.64. The Balaban J connectivity index is 0.00000576. The lowest BCUT2D eigenvalue weighted by Gasteiger charge is -2.23. The Hall–Kier alpha value is -1.59. The summed E-state index contributed by atoms with van der Waals surface area (Å²) in [4.78, 5) is 26.1. The minimum Gasteiger partial charge on any atom is -0.356 e. The monoisotopic (exact) mass is 369 g/mol. The second-order valence-electron chi connectivity index (χ2n) is 7.05. The second kappa shape index (κ2) is 11.9. The van der Waals surface area contributed by atoms with E-state index in [0.717, 1.165) is 12.0 Å². The van der Waals surface area contributed by atoms with Crippen LogP contribution in [0.2, 0.25) is 0 Å². The van der Waals surface area contributed by atoms with Gasteiger partial charge in [0.05, 0.1) is 0 Å². The van der Waals surface area contributed by atoms with E-state index < -0.39 is 5.41 Å². The van der Waals surface area contributed by atoms with Gasteiger partial charge >= 0.3 is 0 Å². The maximum absolute atomic E-state index is 12.5. The highest BCUT2D eigenvalue weighted by Gasteiger charge is 2.20. The van der Waals surface area contributed by atoms with Crippen molar-refractivity contribution in [3.63, 3.8) is 0 Å². The van der Waals surface area contributed by atoms with Crippen LogP contribution in [0.25, 0.3) is 0 Å². The Kier molecular flexibility index (Phi) is 11.1. The first-order valence-corrected chi connectivity index (χ1v) is 8.64. The van der Waals surface area contributed by atoms with Crippen LogP contribution in [0.4, 0.5) is 0 Å². The van der Waals surface area contributed by atoms with Gasteiger partial charge in [0.1, 0.15) is 0 Å². The van der Waals surface area contributed by atoms with E-state index in [-0.39, 0.29) is 24.2 Å². The molecule has 1 rings (SSSR count). The van der Waals surface area contributed by atoms with E-state index >= 15 is 0 Å². The van der Waals surface area contributed by atoms with Crippen molar-refractivity contribution in [3.8, 4) is 0 Å². The maximum atomic E-state index is 12.5. The number of hydrogen-bond donors (Lipinski definition) is 2. The van der Waals surface area contributed by atoms with Crippen LogP contribution in [-0.2, 0) is 16.1 Å². The van der Waals surface area contributed by atoms with Gasteiger partial charge in [-0.25, -0.2) is 0 Å². The third kappa shape index (κ3) is 9.46. The standard InChI is InChI=1S/C19H31N3O2.ClH/c1-19(2,3)18(24)21-13-7-11-17(23)22(14-8-12-20)15-16-9-5-4-6-10-16;/h4-6,9-10H,7-8,11-15,20H2,1-3H3,(H,21,24);1H. The Morgan fingerprint density at radius 2 is 1.76 bits per heavy atom. The Morgan fingerprint density at radius 1 is 1.12 bits per heavy atom. The first kappa shape index (κ1) is 23.4. The predicted molar refractivity (Wildman–Crippen MR) is 104 cm³/mol. The molecule has 1 aromatic carbocycles. The summed E-state index contributed by atoms with van der Waals surface area (Å²) in [6, 6.07) is 9.96. The molecule has 0 heterocycles. The molecule has 25 heavy (non-hydrogen) atoms. The number of rotatable bonds is 9. The van der Waals surface area contributed by atoms with Crippen molar-refractivity contribution in [2.75, 3.05) is 19.6 Å². The van der Waals surface area contributed by atoms with Crippen molar-refractivity contribution >= 4 is 24.2 Å². The third-order valence-electron chi connectivity index (χ3n) is 3.74. The maximum Gasteiger partial charge on any atom is 0.225 e. The molecule has 0 fully saturated rings. The smallest absolute Gasteiger partial charge is 0.225 e. The van der Waals surface area contributed by atoms with Gasteiger partial charge in [-0.1, -0.05) is 51.1 Å². The summed E-state index contributed by atoms with van der Waals surface area (Å²) in [6.45, 7) is 8.00. The molecular formula is C19H32ClN3O2. The van der Waals surface area contributed by atoms with Crippen LogP contribution < -0.4 is 11.1 Å². The van der Waals surface area contributed by atoms with E-state index in [1.165, 1.54) is 0 Å². The van der Waals surface area contributed by atoms with Crippen LogP contribution in [0.3, 0.4) is 0 Å². The molecule has 6 heteroatoms. The minimum atomic E-state index is -0.398. The van der Waals surface area contributed by atoms with Gasteiger partial charge in [-0.3, -0.25) is 9.59 Å². The zero-order chi connectivity index (χ0) is 18.0. The molecule has 0 aliphatic rings. The Labute approximate surface area is 157 Å². The van der Waals surface area contributed by atoms with Gasteiger partial charge < -0.3 is 16.0 Å². The van der Waals surface area contributed by atoms with Crippen molar-refractivity contribution in [1.29, 1.82) is 0 Å².